The Labute approximate surface area is 263 Å². The number of Topliss-reactive ketones (excluding diaryl/α,β-unsaturated/α-hetero) is 1. The fourth-order valence-corrected chi connectivity index (χ4v) is 8.96. The van der Waals surface area contributed by atoms with Crippen LogP contribution < -0.4 is 0 Å². The van der Waals surface area contributed by atoms with Gasteiger partial charge in [0.15, 0.2) is 23.7 Å². The van der Waals surface area contributed by atoms with Crippen LogP contribution in [-0.2, 0) is 33.5 Å². The van der Waals surface area contributed by atoms with Gasteiger partial charge in [0.2, 0.25) is 5.78 Å². The van der Waals surface area contributed by atoms with Crippen molar-refractivity contribution in [3.05, 3.63) is 33.9 Å². The molecule has 4 aliphatic carbocycles. The number of aliphatic hydroxyl groups excluding tert-OH is 1. The van der Waals surface area contributed by atoms with E-state index in [0.29, 0.717) is 50.5 Å². The fourth-order valence-electron chi connectivity index (χ4n) is 8.96. The third kappa shape index (κ3) is 5.94. The van der Waals surface area contributed by atoms with Crippen LogP contribution in [0.4, 0.5) is 4.39 Å². The summed E-state index contributed by atoms with van der Waals surface area (Å²) in [5, 5.41) is 21.1. The molecule has 1 N–H and O–H groups in total. The molecule has 0 aliphatic heterocycles. The first-order chi connectivity index (χ1) is 21.2. The average molecular weight is 636 g/mol. The SMILES string of the molecule is CCCCC(=O)O[C@]1(C(=O)COC(=O)CCCCCO[N+](=O)[O-])[C@@H](C)C[C@H]2C3CCC4=CC(=O)C=C[C@]4(C)[C@@]3(F)[C@@H](O)C[C@@]21C. The smallest absolute Gasteiger partial charge is 0.306 e. The highest BCUT2D eigenvalue weighted by atomic mass is 19.1. The molecule has 0 radical (unpaired) electrons. The molecule has 0 bridgehead atoms. The van der Waals surface area contributed by atoms with Crippen molar-refractivity contribution in [1.29, 1.82) is 0 Å². The van der Waals surface area contributed by atoms with Crippen molar-refractivity contribution in [2.45, 2.75) is 116 Å². The van der Waals surface area contributed by atoms with E-state index in [1.807, 2.05) is 6.92 Å². The first-order valence-corrected chi connectivity index (χ1v) is 16.2. The van der Waals surface area contributed by atoms with E-state index in [9.17, 15) is 34.4 Å². The molecule has 8 atom stereocenters. The molecule has 0 saturated heterocycles. The number of alkyl halides is 1. The summed E-state index contributed by atoms with van der Waals surface area (Å²) < 4.78 is 29.2. The Hall–Kier alpha value is -3.15. The number of carbonyl (C=O) groups excluding carboxylic acids is 4. The molecule has 3 fully saturated rings. The minimum atomic E-state index is -2.11. The van der Waals surface area contributed by atoms with Crippen LogP contribution in [-0.4, -0.2) is 64.3 Å². The number of fused-ring (bicyclic) bond motifs is 5. The number of hydrogen-bond acceptors (Lipinski definition) is 10. The highest BCUT2D eigenvalue weighted by Gasteiger charge is 2.77. The molecule has 0 aromatic carbocycles. The zero-order valence-corrected chi connectivity index (χ0v) is 26.7. The van der Waals surface area contributed by atoms with Gasteiger partial charge in [-0.1, -0.05) is 45.3 Å². The van der Waals surface area contributed by atoms with E-state index in [1.165, 1.54) is 12.2 Å². The van der Waals surface area contributed by atoms with E-state index < -0.39 is 75.4 Å². The van der Waals surface area contributed by atoms with Crippen molar-refractivity contribution in [2.75, 3.05) is 13.2 Å². The van der Waals surface area contributed by atoms with Crippen LogP contribution in [0.15, 0.2) is 23.8 Å². The lowest BCUT2D eigenvalue weighted by atomic mass is 9.44. The predicted molar refractivity (Wildman–Crippen MR) is 159 cm³/mol. The summed E-state index contributed by atoms with van der Waals surface area (Å²) in [6, 6.07) is 0. The molecule has 0 aromatic heterocycles. The summed E-state index contributed by atoms with van der Waals surface area (Å²) in [7, 11) is 0. The number of rotatable bonds is 14. The minimum Gasteiger partial charge on any atom is -0.457 e. The third-order valence-electron chi connectivity index (χ3n) is 11.2. The Balaban J connectivity index is 1.59. The first kappa shape index (κ1) is 34.7. The van der Waals surface area contributed by atoms with Crippen molar-refractivity contribution >= 4 is 23.5 Å². The quantitative estimate of drug-likeness (QED) is 0.120. The molecule has 250 valence electrons. The van der Waals surface area contributed by atoms with Crippen LogP contribution >= 0.6 is 0 Å². The zero-order valence-electron chi connectivity index (χ0n) is 26.7. The van der Waals surface area contributed by atoms with Crippen LogP contribution in [0.25, 0.3) is 0 Å². The van der Waals surface area contributed by atoms with E-state index in [0.717, 1.165) is 6.42 Å². The summed E-state index contributed by atoms with van der Waals surface area (Å²) in [4.78, 5) is 66.7. The van der Waals surface area contributed by atoms with Gasteiger partial charge in [0.25, 0.3) is 5.09 Å². The van der Waals surface area contributed by atoms with E-state index in [4.69, 9.17) is 9.47 Å². The van der Waals surface area contributed by atoms with Crippen LogP contribution in [0.3, 0.4) is 0 Å². The number of ether oxygens (including phenoxy) is 2. The van der Waals surface area contributed by atoms with Crippen LogP contribution in [0.5, 0.6) is 0 Å². The number of carbonyl (C=O) groups is 4. The second-order valence-corrected chi connectivity index (χ2v) is 13.7. The highest BCUT2D eigenvalue weighted by molar-refractivity contribution is 6.01. The Morgan fingerprint density at radius 1 is 1.11 bits per heavy atom. The summed E-state index contributed by atoms with van der Waals surface area (Å²) >= 11 is 0. The minimum absolute atomic E-state index is 0.0138. The Morgan fingerprint density at radius 2 is 1.82 bits per heavy atom. The van der Waals surface area contributed by atoms with Gasteiger partial charge in [-0.25, -0.2) is 4.39 Å². The standard InChI is InChI=1S/C33H46FNO10/c1-5-6-10-29(40)45-33(27(38)20-43-28(39)11-8-7-9-16-44-35(41)42)21(2)17-25-24-13-12-22-18-23(36)14-15-30(22,3)32(24,34)26(37)19-31(25,33)4/h14-15,18,21,24-26,37H,5-13,16-17,19-20H2,1-4H3/t21-,24?,25-,26-,30-,31-,32-,33-/m0/s1. The lowest BCUT2D eigenvalue weighted by Crippen LogP contribution is -2.70. The van der Waals surface area contributed by atoms with E-state index in [1.54, 1.807) is 26.8 Å². The number of halogens is 1. The van der Waals surface area contributed by atoms with Gasteiger partial charge in [0.1, 0.15) is 0 Å². The molecule has 0 aromatic rings. The van der Waals surface area contributed by atoms with Crippen molar-refractivity contribution in [1.82, 2.24) is 0 Å². The largest absolute Gasteiger partial charge is 0.457 e. The Morgan fingerprint density at radius 3 is 2.51 bits per heavy atom. The van der Waals surface area contributed by atoms with Gasteiger partial charge in [-0.2, -0.15) is 0 Å². The summed E-state index contributed by atoms with van der Waals surface area (Å²) in [6.45, 7) is 6.51. The van der Waals surface area contributed by atoms with Gasteiger partial charge >= 0.3 is 11.9 Å². The molecule has 45 heavy (non-hydrogen) atoms. The van der Waals surface area contributed by atoms with Crippen molar-refractivity contribution in [3.8, 4) is 0 Å². The van der Waals surface area contributed by atoms with Gasteiger partial charge in [0, 0.05) is 35.5 Å². The summed E-state index contributed by atoms with van der Waals surface area (Å²) in [5.74, 6) is -3.68. The second kappa shape index (κ2) is 13.3. The molecule has 0 amide bonds. The third-order valence-corrected chi connectivity index (χ3v) is 11.2. The number of esters is 2. The monoisotopic (exact) mass is 635 g/mol. The molecule has 12 heteroatoms. The Bertz CT molecular complexity index is 1270. The fraction of sp³-hybridized carbons (Fsp3) is 0.758. The van der Waals surface area contributed by atoms with Gasteiger partial charge in [-0.15, -0.1) is 10.1 Å². The maximum atomic E-state index is 17.6. The molecule has 3 saturated carbocycles. The van der Waals surface area contributed by atoms with Crippen molar-refractivity contribution < 1.29 is 48.1 Å². The van der Waals surface area contributed by atoms with Gasteiger partial charge < -0.3 is 19.4 Å². The maximum Gasteiger partial charge on any atom is 0.306 e. The Kier molecular flexibility index (Phi) is 10.3. The molecule has 0 spiro atoms. The van der Waals surface area contributed by atoms with E-state index in [2.05, 4.69) is 4.84 Å². The topological polar surface area (TPSA) is 159 Å². The summed E-state index contributed by atoms with van der Waals surface area (Å²) in [5.41, 5.74) is -5.57. The molecule has 1 unspecified atom stereocenters. The normalized spacial score (nSPS) is 36.7. The van der Waals surface area contributed by atoms with Crippen LogP contribution in [0.1, 0.15) is 98.3 Å². The van der Waals surface area contributed by atoms with Crippen molar-refractivity contribution in [3.63, 3.8) is 0 Å². The lowest BCUT2D eigenvalue weighted by Gasteiger charge is -2.62. The van der Waals surface area contributed by atoms with Gasteiger partial charge in [0.05, 0.1) is 12.7 Å². The average Bonchev–Trinajstić information content (AvgIpc) is 3.19. The van der Waals surface area contributed by atoms with Gasteiger partial charge in [-0.05, 0) is 69.9 Å². The van der Waals surface area contributed by atoms with E-state index in [-0.39, 0.29) is 31.7 Å². The number of ketones is 2. The maximum absolute atomic E-state index is 17.6. The number of aliphatic hydroxyl groups is 1. The van der Waals surface area contributed by atoms with Crippen molar-refractivity contribution in [2.24, 2.45) is 28.6 Å². The lowest BCUT2D eigenvalue weighted by molar-refractivity contribution is -0.757. The molecule has 11 nitrogen and oxygen atoms in total. The first-order valence-electron chi connectivity index (χ1n) is 16.2. The molecule has 0 heterocycles. The number of allylic oxidation sites excluding steroid dienone is 4. The molecular formula is C33H46FNO10. The predicted octanol–water partition coefficient (Wildman–Crippen LogP) is 4.96. The van der Waals surface area contributed by atoms with Crippen LogP contribution in [0.2, 0.25) is 0 Å². The molecule has 4 rings (SSSR count). The molecule has 4 aliphatic rings. The second-order valence-electron chi connectivity index (χ2n) is 13.7. The summed E-state index contributed by atoms with van der Waals surface area (Å²) in [6.07, 6.45) is 6.48. The number of hydrogen-bond donors (Lipinski definition) is 1. The van der Waals surface area contributed by atoms with Gasteiger partial charge in [-0.3, -0.25) is 19.2 Å². The highest BCUT2D eigenvalue weighted by Crippen LogP contribution is 2.71. The molecular weight excluding hydrogens is 589 g/mol. The number of unbranched alkanes of at least 4 members (excludes halogenated alkanes) is 3. The van der Waals surface area contributed by atoms with E-state index >= 15 is 4.39 Å². The zero-order chi connectivity index (χ0) is 33.2. The number of nitrogens with zero attached hydrogens (tertiary/aromatic N) is 1. The van der Waals surface area contributed by atoms with Crippen LogP contribution in [0, 0.1) is 38.7 Å².